The quantitative estimate of drug-likeness (QED) is 0.332. The first-order valence-corrected chi connectivity index (χ1v) is 10.2. The molecular weight excluding hydrogens is 424 g/mol. The van der Waals surface area contributed by atoms with Crippen LogP contribution in [0.15, 0.2) is 10.6 Å². The standard InChI is InChI=1S/C20H30N4O8/c1-11(2)6-12(17(26)20(3)10-31-20)22-15(25)8-21-18(27)13(9-29-4)23-19(28)14-7-16(30-5)24-32-14/h7,11-13H,6,8-10H2,1-5H3,(H,21,27)(H,22,25)(H,23,28)/t12-,13-,20+/m0/s1. The fourth-order valence-electron chi connectivity index (χ4n) is 2.90. The van der Waals surface area contributed by atoms with Crippen molar-refractivity contribution < 1.29 is 37.9 Å². The highest BCUT2D eigenvalue weighted by atomic mass is 16.6. The molecule has 3 atom stereocenters. The van der Waals surface area contributed by atoms with E-state index in [0.29, 0.717) is 13.0 Å². The molecule has 2 rings (SSSR count). The van der Waals surface area contributed by atoms with Crippen LogP contribution in [0.2, 0.25) is 0 Å². The Morgan fingerprint density at radius 3 is 2.41 bits per heavy atom. The van der Waals surface area contributed by atoms with Crippen molar-refractivity contribution in [1.29, 1.82) is 0 Å². The number of rotatable bonds is 13. The molecule has 1 saturated heterocycles. The summed E-state index contributed by atoms with van der Waals surface area (Å²) < 4.78 is 19.9. The number of nitrogens with zero attached hydrogens (tertiary/aromatic N) is 1. The van der Waals surface area contributed by atoms with Crippen molar-refractivity contribution >= 4 is 23.5 Å². The zero-order valence-electron chi connectivity index (χ0n) is 18.9. The van der Waals surface area contributed by atoms with Crippen LogP contribution in [0.4, 0.5) is 0 Å². The maximum atomic E-state index is 12.6. The molecule has 1 aliphatic rings. The number of ether oxygens (including phenoxy) is 3. The Hall–Kier alpha value is -2.99. The van der Waals surface area contributed by atoms with E-state index in [4.69, 9.17) is 18.7 Å². The van der Waals surface area contributed by atoms with E-state index >= 15 is 0 Å². The topological polar surface area (TPSA) is 161 Å². The molecule has 12 heteroatoms. The predicted octanol–water partition coefficient (Wildman–Crippen LogP) is -0.567. The lowest BCUT2D eigenvalue weighted by Gasteiger charge is -2.22. The first-order chi connectivity index (χ1) is 15.1. The summed E-state index contributed by atoms with van der Waals surface area (Å²) in [5.41, 5.74) is -0.868. The Morgan fingerprint density at radius 2 is 1.88 bits per heavy atom. The molecule has 1 aromatic rings. The second-order valence-corrected chi connectivity index (χ2v) is 8.07. The molecule has 3 N–H and O–H groups in total. The van der Waals surface area contributed by atoms with Crippen LogP contribution < -0.4 is 20.7 Å². The smallest absolute Gasteiger partial charge is 0.290 e. The van der Waals surface area contributed by atoms with E-state index in [-0.39, 0.29) is 36.5 Å². The normalized spacial score (nSPS) is 19.1. The number of ketones is 1. The average molecular weight is 454 g/mol. The van der Waals surface area contributed by atoms with E-state index in [1.54, 1.807) is 6.92 Å². The number of epoxide rings is 1. The van der Waals surface area contributed by atoms with Crippen molar-refractivity contribution in [3.8, 4) is 5.88 Å². The first kappa shape index (κ1) is 25.3. The van der Waals surface area contributed by atoms with Gasteiger partial charge in [-0.05, 0) is 24.4 Å². The SMILES string of the molecule is COC[C@H](NC(=O)c1cc(OC)no1)C(=O)NCC(=O)N[C@@H](CC(C)C)C(=O)[C@@]1(C)CO1. The molecule has 1 aromatic heterocycles. The van der Waals surface area contributed by atoms with E-state index in [9.17, 15) is 19.2 Å². The summed E-state index contributed by atoms with van der Waals surface area (Å²) >= 11 is 0. The van der Waals surface area contributed by atoms with Crippen molar-refractivity contribution in [2.24, 2.45) is 5.92 Å². The van der Waals surface area contributed by atoms with Gasteiger partial charge in [-0.1, -0.05) is 13.8 Å². The molecular formula is C20H30N4O8. The molecule has 2 heterocycles. The average Bonchev–Trinajstić information content (AvgIpc) is 3.31. The second kappa shape index (κ2) is 11.0. The zero-order chi connectivity index (χ0) is 23.9. The first-order valence-electron chi connectivity index (χ1n) is 10.2. The summed E-state index contributed by atoms with van der Waals surface area (Å²) in [6.07, 6.45) is 0.445. The number of hydrogen-bond acceptors (Lipinski definition) is 9. The van der Waals surface area contributed by atoms with E-state index in [1.165, 1.54) is 20.3 Å². The van der Waals surface area contributed by atoms with Crippen molar-refractivity contribution in [2.75, 3.05) is 34.0 Å². The van der Waals surface area contributed by atoms with Crippen molar-refractivity contribution in [3.63, 3.8) is 0 Å². The van der Waals surface area contributed by atoms with Crippen molar-refractivity contribution in [3.05, 3.63) is 11.8 Å². The number of Topliss-reactive ketones (excluding diaryl/α,β-unsaturated/α-hetero) is 1. The minimum absolute atomic E-state index is 0.107. The van der Waals surface area contributed by atoms with Gasteiger partial charge in [-0.25, -0.2) is 0 Å². The zero-order valence-corrected chi connectivity index (χ0v) is 18.9. The summed E-state index contributed by atoms with van der Waals surface area (Å²) in [6, 6.07) is -0.549. The molecule has 0 unspecified atom stereocenters. The van der Waals surface area contributed by atoms with Crippen LogP contribution in [0, 0.1) is 5.92 Å². The van der Waals surface area contributed by atoms with Gasteiger partial charge in [0.1, 0.15) is 11.6 Å². The fraction of sp³-hybridized carbons (Fsp3) is 0.650. The van der Waals surface area contributed by atoms with Gasteiger partial charge in [-0.3, -0.25) is 19.2 Å². The third-order valence-electron chi connectivity index (χ3n) is 4.76. The Balaban J connectivity index is 1.91. The van der Waals surface area contributed by atoms with Gasteiger partial charge < -0.3 is 34.7 Å². The summed E-state index contributed by atoms with van der Waals surface area (Å²) in [6.45, 7) is 5.35. The summed E-state index contributed by atoms with van der Waals surface area (Å²) in [4.78, 5) is 49.7. The molecule has 32 heavy (non-hydrogen) atoms. The number of hydrogen-bond donors (Lipinski definition) is 3. The minimum atomic E-state index is -1.09. The molecule has 0 spiro atoms. The third-order valence-corrected chi connectivity index (χ3v) is 4.76. The Bertz CT molecular complexity index is 833. The maximum Gasteiger partial charge on any atom is 0.290 e. The number of carbonyl (C=O) groups excluding carboxylic acids is 4. The summed E-state index contributed by atoms with van der Waals surface area (Å²) in [5, 5.41) is 11.0. The predicted molar refractivity (Wildman–Crippen MR) is 110 cm³/mol. The Labute approximate surface area is 185 Å². The molecule has 12 nitrogen and oxygen atoms in total. The molecule has 0 bridgehead atoms. The highest BCUT2D eigenvalue weighted by Crippen LogP contribution is 2.29. The van der Waals surface area contributed by atoms with Crippen LogP contribution in [-0.4, -0.2) is 80.3 Å². The largest absolute Gasteiger partial charge is 0.479 e. The van der Waals surface area contributed by atoms with E-state index in [0.717, 1.165) is 0 Å². The van der Waals surface area contributed by atoms with Gasteiger partial charge in [-0.2, -0.15) is 0 Å². The van der Waals surface area contributed by atoms with Gasteiger partial charge in [0.05, 0.1) is 39.0 Å². The van der Waals surface area contributed by atoms with E-state index < -0.39 is 35.4 Å². The lowest BCUT2D eigenvalue weighted by atomic mass is 9.93. The molecule has 1 fully saturated rings. The highest BCUT2D eigenvalue weighted by molar-refractivity contribution is 5.98. The fourth-order valence-corrected chi connectivity index (χ4v) is 2.90. The van der Waals surface area contributed by atoms with Crippen molar-refractivity contribution in [1.82, 2.24) is 21.1 Å². The number of carbonyl (C=O) groups is 4. The van der Waals surface area contributed by atoms with Gasteiger partial charge in [0.15, 0.2) is 5.78 Å². The van der Waals surface area contributed by atoms with Gasteiger partial charge >= 0.3 is 0 Å². The third kappa shape index (κ3) is 7.02. The molecule has 3 amide bonds. The molecule has 0 radical (unpaired) electrons. The number of amides is 3. The van der Waals surface area contributed by atoms with Crippen LogP contribution in [0.3, 0.4) is 0 Å². The molecule has 178 valence electrons. The molecule has 0 saturated carbocycles. The molecule has 1 aliphatic heterocycles. The maximum absolute atomic E-state index is 12.6. The lowest BCUT2D eigenvalue weighted by molar-refractivity contribution is -0.131. The van der Waals surface area contributed by atoms with Crippen LogP contribution in [0.5, 0.6) is 5.88 Å². The monoisotopic (exact) mass is 454 g/mol. The summed E-state index contributed by atoms with van der Waals surface area (Å²) in [7, 11) is 2.72. The molecule has 0 aromatic carbocycles. The highest BCUT2D eigenvalue weighted by Gasteiger charge is 2.50. The second-order valence-electron chi connectivity index (χ2n) is 8.07. The van der Waals surface area contributed by atoms with Gasteiger partial charge in [0.25, 0.3) is 11.8 Å². The number of methoxy groups -OCH3 is 2. The number of aromatic nitrogens is 1. The van der Waals surface area contributed by atoms with Gasteiger partial charge in [-0.15, -0.1) is 0 Å². The van der Waals surface area contributed by atoms with Crippen LogP contribution in [-0.2, 0) is 23.9 Å². The summed E-state index contributed by atoms with van der Waals surface area (Å²) in [5.74, 6) is -1.97. The van der Waals surface area contributed by atoms with Gasteiger partial charge in [0.2, 0.25) is 17.6 Å². The minimum Gasteiger partial charge on any atom is -0.479 e. The Morgan fingerprint density at radius 1 is 1.19 bits per heavy atom. The van der Waals surface area contributed by atoms with Crippen molar-refractivity contribution in [2.45, 2.75) is 44.9 Å². The van der Waals surface area contributed by atoms with Gasteiger partial charge in [0, 0.05) is 7.11 Å². The van der Waals surface area contributed by atoms with Crippen LogP contribution in [0.25, 0.3) is 0 Å². The molecule has 0 aliphatic carbocycles. The van der Waals surface area contributed by atoms with E-state index in [2.05, 4.69) is 21.1 Å². The number of nitrogens with one attached hydrogen (secondary N) is 3. The van der Waals surface area contributed by atoms with Crippen LogP contribution in [0.1, 0.15) is 37.7 Å². The van der Waals surface area contributed by atoms with E-state index in [1.807, 2.05) is 13.8 Å². The van der Waals surface area contributed by atoms with Crippen LogP contribution >= 0.6 is 0 Å². The Kier molecular flexibility index (Phi) is 8.72. The lowest BCUT2D eigenvalue weighted by Crippen LogP contribution is -2.53.